The Hall–Kier alpha value is -2.09. The summed E-state index contributed by atoms with van der Waals surface area (Å²) in [5, 5.41) is 12.0. The molecule has 1 aliphatic carbocycles. The fourth-order valence-corrected chi connectivity index (χ4v) is 2.93. The lowest BCUT2D eigenvalue weighted by Gasteiger charge is -2.34. The summed E-state index contributed by atoms with van der Waals surface area (Å²) in [7, 11) is 0. The summed E-state index contributed by atoms with van der Waals surface area (Å²) in [6.45, 7) is 3.82. The molecule has 1 saturated carbocycles. The van der Waals surface area contributed by atoms with E-state index in [0.717, 1.165) is 38.8 Å². The van der Waals surface area contributed by atoms with Crippen LogP contribution in [-0.4, -0.2) is 29.5 Å². The number of pyridine rings is 1. The number of carbonyl (C=O) groups excluding carboxylic acids is 1. The van der Waals surface area contributed by atoms with Crippen LogP contribution in [0, 0.1) is 24.2 Å². The van der Waals surface area contributed by atoms with Crippen molar-refractivity contribution in [1.82, 2.24) is 10.3 Å². The van der Waals surface area contributed by atoms with Gasteiger partial charge in [0.05, 0.1) is 6.07 Å². The van der Waals surface area contributed by atoms with Crippen molar-refractivity contribution in [3.63, 3.8) is 0 Å². The van der Waals surface area contributed by atoms with Crippen LogP contribution < -0.4 is 10.2 Å². The van der Waals surface area contributed by atoms with Gasteiger partial charge in [-0.25, -0.2) is 0 Å². The molecule has 2 fully saturated rings. The average molecular weight is 284 g/mol. The van der Waals surface area contributed by atoms with Crippen LogP contribution in [-0.2, 0) is 4.79 Å². The number of nitrogens with one attached hydrogen (secondary N) is 1. The van der Waals surface area contributed by atoms with E-state index in [4.69, 9.17) is 5.26 Å². The number of nitrogens with zero attached hydrogens (tertiary/aromatic N) is 3. The smallest absolute Gasteiger partial charge is 0.224 e. The molecule has 0 radical (unpaired) electrons. The number of hydrogen-bond acceptors (Lipinski definition) is 4. The molecule has 21 heavy (non-hydrogen) atoms. The molecule has 2 heterocycles. The van der Waals surface area contributed by atoms with Crippen molar-refractivity contribution in [3.8, 4) is 6.07 Å². The van der Waals surface area contributed by atoms with Crippen molar-refractivity contribution < 1.29 is 4.79 Å². The predicted molar refractivity (Wildman–Crippen MR) is 79.6 cm³/mol. The fourth-order valence-electron chi connectivity index (χ4n) is 2.93. The van der Waals surface area contributed by atoms with Crippen molar-refractivity contribution >= 4 is 11.6 Å². The molecule has 1 amide bonds. The molecule has 1 saturated heterocycles. The predicted octanol–water partition coefficient (Wildman–Crippen LogP) is 1.78. The van der Waals surface area contributed by atoms with Crippen LogP contribution in [0.3, 0.4) is 0 Å². The molecule has 1 aromatic rings. The van der Waals surface area contributed by atoms with Crippen LogP contribution in [0.15, 0.2) is 18.5 Å². The highest BCUT2D eigenvalue weighted by Crippen LogP contribution is 2.35. The normalized spacial score (nSPS) is 20.7. The summed E-state index contributed by atoms with van der Waals surface area (Å²) in [6.07, 6.45) is 6.96. The highest BCUT2D eigenvalue weighted by Gasteiger charge is 2.45. The lowest BCUT2D eigenvalue weighted by molar-refractivity contribution is -0.126. The first-order valence-electron chi connectivity index (χ1n) is 7.52. The molecule has 0 aromatic carbocycles. The van der Waals surface area contributed by atoms with Gasteiger partial charge in [0.25, 0.3) is 0 Å². The first kappa shape index (κ1) is 13.9. The average Bonchev–Trinajstić information content (AvgIpc) is 3.28. The van der Waals surface area contributed by atoms with E-state index in [1.54, 1.807) is 0 Å². The maximum absolute atomic E-state index is 12.2. The van der Waals surface area contributed by atoms with Crippen molar-refractivity contribution in [2.45, 2.75) is 38.1 Å². The van der Waals surface area contributed by atoms with E-state index in [0.29, 0.717) is 0 Å². The second-order valence-corrected chi connectivity index (χ2v) is 6.11. The summed E-state index contributed by atoms with van der Waals surface area (Å²) in [4.78, 5) is 18.7. The van der Waals surface area contributed by atoms with Gasteiger partial charge in [0.15, 0.2) is 0 Å². The highest BCUT2D eigenvalue weighted by molar-refractivity contribution is 5.80. The van der Waals surface area contributed by atoms with Crippen LogP contribution in [0.1, 0.15) is 31.2 Å². The third-order valence-electron chi connectivity index (χ3n) is 4.52. The number of nitriles is 1. The fraction of sp³-hybridized carbons (Fsp3) is 0.562. The van der Waals surface area contributed by atoms with E-state index in [9.17, 15) is 4.79 Å². The molecule has 3 rings (SSSR count). The Kier molecular flexibility index (Phi) is 3.54. The number of rotatable bonds is 3. The quantitative estimate of drug-likeness (QED) is 0.918. The van der Waals surface area contributed by atoms with Gasteiger partial charge in [0, 0.05) is 37.1 Å². The minimum Gasteiger partial charge on any atom is -0.371 e. The van der Waals surface area contributed by atoms with Gasteiger partial charge < -0.3 is 10.2 Å². The molecule has 1 aromatic heterocycles. The largest absolute Gasteiger partial charge is 0.371 e. The first-order valence-corrected chi connectivity index (χ1v) is 7.52. The molecule has 0 bridgehead atoms. The van der Waals surface area contributed by atoms with E-state index >= 15 is 0 Å². The molecule has 0 unspecified atom stereocenters. The SMILES string of the molecule is Cc1cnccc1N1CCC(C(=O)NC2(C#N)CC2)CC1. The van der Waals surface area contributed by atoms with Gasteiger partial charge in [-0.1, -0.05) is 0 Å². The van der Waals surface area contributed by atoms with Crippen LogP contribution >= 0.6 is 0 Å². The van der Waals surface area contributed by atoms with Gasteiger partial charge in [0.2, 0.25) is 5.91 Å². The van der Waals surface area contributed by atoms with Crippen molar-refractivity contribution in [1.29, 1.82) is 5.26 Å². The molecule has 110 valence electrons. The lowest BCUT2D eigenvalue weighted by Crippen LogP contribution is -2.44. The van der Waals surface area contributed by atoms with Gasteiger partial charge in [0.1, 0.15) is 5.54 Å². The second-order valence-electron chi connectivity index (χ2n) is 6.11. The first-order chi connectivity index (χ1) is 10.1. The van der Waals surface area contributed by atoms with Gasteiger partial charge in [-0.05, 0) is 44.2 Å². The molecule has 1 N–H and O–H groups in total. The zero-order valence-electron chi connectivity index (χ0n) is 12.3. The van der Waals surface area contributed by atoms with Crippen LogP contribution in [0.4, 0.5) is 5.69 Å². The number of aromatic nitrogens is 1. The van der Waals surface area contributed by atoms with Crippen molar-refractivity contribution in [2.24, 2.45) is 5.92 Å². The third-order valence-corrected chi connectivity index (χ3v) is 4.52. The molecular weight excluding hydrogens is 264 g/mol. The Morgan fingerprint density at radius 1 is 1.48 bits per heavy atom. The zero-order chi connectivity index (χ0) is 14.9. The van der Waals surface area contributed by atoms with E-state index in [-0.39, 0.29) is 11.8 Å². The Morgan fingerprint density at radius 3 is 2.76 bits per heavy atom. The number of carbonyl (C=O) groups is 1. The zero-order valence-corrected chi connectivity index (χ0v) is 12.3. The van der Waals surface area contributed by atoms with Crippen LogP contribution in [0.5, 0.6) is 0 Å². The maximum atomic E-state index is 12.2. The molecule has 0 spiro atoms. The Bertz CT molecular complexity index is 580. The second kappa shape index (κ2) is 5.36. The van der Waals surface area contributed by atoms with E-state index < -0.39 is 5.54 Å². The summed E-state index contributed by atoms with van der Waals surface area (Å²) >= 11 is 0. The highest BCUT2D eigenvalue weighted by atomic mass is 16.2. The maximum Gasteiger partial charge on any atom is 0.224 e. The molecule has 1 aliphatic heterocycles. The number of hydrogen-bond donors (Lipinski definition) is 1. The number of amides is 1. The molecule has 2 aliphatic rings. The van der Waals surface area contributed by atoms with Gasteiger partial charge in [-0.3, -0.25) is 9.78 Å². The Labute approximate surface area is 125 Å². The van der Waals surface area contributed by atoms with Crippen molar-refractivity contribution in [3.05, 3.63) is 24.0 Å². The summed E-state index contributed by atoms with van der Waals surface area (Å²) in [5.41, 5.74) is 1.83. The number of aryl methyl sites for hydroxylation is 1. The standard InChI is InChI=1S/C16H20N4O/c1-12-10-18-7-2-14(12)20-8-3-13(4-9-20)15(21)19-16(11-17)5-6-16/h2,7,10,13H,3-6,8-9H2,1H3,(H,19,21). The van der Waals surface area contributed by atoms with E-state index in [2.05, 4.69) is 28.2 Å². The molecule has 5 nitrogen and oxygen atoms in total. The summed E-state index contributed by atoms with van der Waals surface area (Å²) in [5.74, 6) is 0.0920. The van der Waals surface area contributed by atoms with Crippen LogP contribution in [0.2, 0.25) is 0 Å². The lowest BCUT2D eigenvalue weighted by atomic mass is 9.95. The third kappa shape index (κ3) is 2.85. The molecule has 0 atom stereocenters. The molecular formula is C16H20N4O. The summed E-state index contributed by atoms with van der Waals surface area (Å²) < 4.78 is 0. The van der Waals surface area contributed by atoms with Crippen molar-refractivity contribution in [2.75, 3.05) is 18.0 Å². The van der Waals surface area contributed by atoms with Gasteiger partial charge in [-0.2, -0.15) is 5.26 Å². The Morgan fingerprint density at radius 2 is 2.19 bits per heavy atom. The van der Waals surface area contributed by atoms with E-state index in [1.165, 1.54) is 11.3 Å². The summed E-state index contributed by atoms with van der Waals surface area (Å²) in [6, 6.07) is 4.25. The monoisotopic (exact) mass is 284 g/mol. The number of piperidine rings is 1. The number of anilines is 1. The van der Waals surface area contributed by atoms with Gasteiger partial charge >= 0.3 is 0 Å². The molecule has 5 heteroatoms. The van der Waals surface area contributed by atoms with Crippen LogP contribution in [0.25, 0.3) is 0 Å². The van der Waals surface area contributed by atoms with E-state index in [1.807, 2.05) is 18.5 Å². The minimum atomic E-state index is -0.546. The topological polar surface area (TPSA) is 69.0 Å². The van der Waals surface area contributed by atoms with Gasteiger partial charge in [-0.15, -0.1) is 0 Å². The Balaban J connectivity index is 1.57. The minimum absolute atomic E-state index is 0.0363.